The molecule has 9 nitrogen and oxygen atoms in total. The minimum Gasteiger partial charge on any atom is -0.493 e. The number of fused-ring (bicyclic) bond motifs is 1. The highest BCUT2D eigenvalue weighted by molar-refractivity contribution is 7.91. The highest BCUT2D eigenvalue weighted by atomic mass is 32.2. The van der Waals surface area contributed by atoms with E-state index in [4.69, 9.17) is 4.74 Å². The van der Waals surface area contributed by atoms with Gasteiger partial charge in [0.05, 0.1) is 17.8 Å². The molecule has 3 fully saturated rings. The van der Waals surface area contributed by atoms with E-state index in [-0.39, 0.29) is 21.7 Å². The molecule has 6 rings (SSSR count). The summed E-state index contributed by atoms with van der Waals surface area (Å²) in [4.78, 5) is 13.2. The number of unbranched alkanes of at least 4 members (excludes halogenated alkanes) is 19. The zero-order valence-corrected chi connectivity index (χ0v) is 42.3. The Morgan fingerprint density at radius 3 is 1.57 bits per heavy atom. The van der Waals surface area contributed by atoms with Crippen molar-refractivity contribution in [3.8, 4) is 11.5 Å². The average Bonchev–Trinajstić information content (AvgIpc) is 3.33. The molecule has 1 aromatic heterocycles. The Hall–Kier alpha value is -3.20. The fourth-order valence-corrected chi connectivity index (χ4v) is 12.3. The van der Waals surface area contributed by atoms with Gasteiger partial charge in [0.25, 0.3) is 0 Å². The number of nitrogens with zero attached hydrogens (tertiary/aromatic N) is 5. The SMILES string of the molecule is CCCCCCCCCCCCCCCCCCCCCCOc1ccc(S(=O)(=O)c2cnc3ccc(OC(F)(F)F)cc3c2N2CCC(N3CCN(C4CCN(CC)CC4)CC3)CC2)c(F)c1. The van der Waals surface area contributed by atoms with Crippen molar-refractivity contribution in [2.45, 2.75) is 196 Å². The summed E-state index contributed by atoms with van der Waals surface area (Å²) in [6, 6.07) is 8.45. The van der Waals surface area contributed by atoms with E-state index in [0.29, 0.717) is 37.3 Å². The summed E-state index contributed by atoms with van der Waals surface area (Å²) in [5, 5.41) is 0.198. The number of piperazine rings is 1. The highest BCUT2D eigenvalue weighted by Gasteiger charge is 2.36. The first kappa shape index (κ1) is 54.1. The number of piperidine rings is 2. The van der Waals surface area contributed by atoms with Crippen molar-refractivity contribution in [3.63, 3.8) is 0 Å². The van der Waals surface area contributed by atoms with Crippen molar-refractivity contribution in [1.82, 2.24) is 19.7 Å². The molecule has 3 saturated heterocycles. The zero-order chi connectivity index (χ0) is 48.2. The number of alkyl halides is 3. The van der Waals surface area contributed by atoms with Crippen LogP contribution < -0.4 is 14.4 Å². The summed E-state index contributed by atoms with van der Waals surface area (Å²) in [6.07, 6.45) is 26.1. The van der Waals surface area contributed by atoms with Gasteiger partial charge in [0.15, 0.2) is 0 Å². The molecule has 0 radical (unpaired) electrons. The van der Waals surface area contributed by atoms with Gasteiger partial charge in [-0.1, -0.05) is 136 Å². The summed E-state index contributed by atoms with van der Waals surface area (Å²) < 4.78 is 95.2. The number of aromatic nitrogens is 1. The second-order valence-corrected chi connectivity index (χ2v) is 21.7. The second kappa shape index (κ2) is 28.0. The van der Waals surface area contributed by atoms with Gasteiger partial charge < -0.3 is 19.3 Å². The molecule has 0 spiro atoms. The highest BCUT2D eigenvalue weighted by Crippen LogP contribution is 2.40. The van der Waals surface area contributed by atoms with Gasteiger partial charge in [-0.05, 0) is 82.1 Å². The maximum atomic E-state index is 15.9. The van der Waals surface area contributed by atoms with Crippen LogP contribution >= 0.6 is 0 Å². The smallest absolute Gasteiger partial charge is 0.493 e. The molecule has 14 heteroatoms. The lowest BCUT2D eigenvalue weighted by molar-refractivity contribution is -0.274. The molecule has 68 heavy (non-hydrogen) atoms. The maximum absolute atomic E-state index is 15.9. The Balaban J connectivity index is 0.962. The molecule has 0 amide bonds. The number of rotatable bonds is 29. The number of pyridine rings is 1. The molecule has 0 atom stereocenters. The van der Waals surface area contributed by atoms with Gasteiger partial charge in [-0.2, -0.15) is 0 Å². The predicted octanol–water partition coefficient (Wildman–Crippen LogP) is 13.4. The van der Waals surface area contributed by atoms with Crippen LogP contribution in [0.3, 0.4) is 0 Å². The molecule has 0 bridgehead atoms. The fraction of sp³-hybridized carbons (Fsp3) is 0.722. The van der Waals surface area contributed by atoms with Crippen LogP contribution in [0.2, 0.25) is 0 Å². The number of ether oxygens (including phenoxy) is 2. The van der Waals surface area contributed by atoms with Gasteiger partial charge >= 0.3 is 6.36 Å². The topological polar surface area (TPSA) is 78.4 Å². The first-order valence-electron chi connectivity index (χ1n) is 26.8. The van der Waals surface area contributed by atoms with Gasteiger partial charge in [-0.15, -0.1) is 13.2 Å². The Kier molecular flexibility index (Phi) is 22.3. The first-order chi connectivity index (χ1) is 33.0. The first-order valence-corrected chi connectivity index (χ1v) is 28.3. The molecule has 382 valence electrons. The van der Waals surface area contributed by atoms with Gasteiger partial charge in [0.2, 0.25) is 9.84 Å². The van der Waals surface area contributed by atoms with E-state index in [0.717, 1.165) is 84.0 Å². The molecule has 0 aliphatic carbocycles. The number of anilines is 1. The molecule has 4 heterocycles. The molecule has 0 unspecified atom stereocenters. The number of sulfone groups is 1. The average molecular weight is 974 g/mol. The van der Waals surface area contributed by atoms with E-state index in [1.807, 2.05) is 4.90 Å². The minimum atomic E-state index is -4.95. The van der Waals surface area contributed by atoms with Crippen LogP contribution in [-0.2, 0) is 9.84 Å². The molecule has 3 aliphatic rings. The standard InChI is InChI=1S/C54H83F4N5O4S/c1-3-5-6-7-8-9-10-11-12-13-14-15-16-17-18-19-20-21-22-23-40-66-46-25-27-51(49(55)42-46)68(64,65)52-43-59-50-26-24-47(67-54(56,57)58)41-48(50)53(52)63-34-30-45(31-35-63)62-38-36-61(37-39-62)44-28-32-60(4-2)33-29-44/h24-27,41-45H,3-23,28-40H2,1-2H3. The van der Waals surface area contributed by atoms with Crippen LogP contribution in [-0.4, -0.2) is 112 Å². The molecular formula is C54H83F4N5O4S. The van der Waals surface area contributed by atoms with Gasteiger partial charge in [-0.3, -0.25) is 14.8 Å². The van der Waals surface area contributed by atoms with E-state index in [1.54, 1.807) is 0 Å². The largest absolute Gasteiger partial charge is 0.573 e. The zero-order valence-electron chi connectivity index (χ0n) is 41.5. The minimum absolute atomic E-state index is 0.198. The molecule has 3 aromatic rings. The van der Waals surface area contributed by atoms with E-state index >= 15 is 4.39 Å². The van der Waals surface area contributed by atoms with Crippen LogP contribution in [0.25, 0.3) is 10.9 Å². The Labute approximate surface area is 406 Å². The molecule has 3 aliphatic heterocycles. The van der Waals surface area contributed by atoms with Crippen LogP contribution in [0.5, 0.6) is 11.5 Å². The lowest BCUT2D eigenvalue weighted by atomic mass is 9.99. The van der Waals surface area contributed by atoms with Crippen molar-refractivity contribution in [2.24, 2.45) is 0 Å². The fourth-order valence-electron chi connectivity index (χ4n) is 10.8. The van der Waals surface area contributed by atoms with Crippen molar-refractivity contribution in [3.05, 3.63) is 48.4 Å². The number of hydrogen-bond donors (Lipinski definition) is 0. The summed E-state index contributed by atoms with van der Waals surface area (Å²) in [5.74, 6) is -1.20. The third kappa shape index (κ3) is 16.7. The van der Waals surface area contributed by atoms with Crippen LogP contribution in [0, 0.1) is 5.82 Å². The van der Waals surface area contributed by atoms with Gasteiger partial charge in [-0.25, -0.2) is 12.8 Å². The van der Waals surface area contributed by atoms with Crippen LogP contribution in [0.1, 0.15) is 168 Å². The predicted molar refractivity (Wildman–Crippen MR) is 267 cm³/mol. The van der Waals surface area contributed by atoms with E-state index in [9.17, 15) is 21.6 Å². The van der Waals surface area contributed by atoms with Crippen LogP contribution in [0.15, 0.2) is 52.4 Å². The van der Waals surface area contributed by atoms with E-state index in [2.05, 4.69) is 38.3 Å². The Morgan fingerprint density at radius 1 is 0.603 bits per heavy atom. The summed E-state index contributed by atoms with van der Waals surface area (Å²) in [7, 11) is -4.53. The lowest BCUT2D eigenvalue weighted by Crippen LogP contribution is -2.56. The number of benzene rings is 2. The number of hydrogen-bond acceptors (Lipinski definition) is 9. The maximum Gasteiger partial charge on any atom is 0.573 e. The quantitative estimate of drug-likeness (QED) is 0.0499. The van der Waals surface area contributed by atoms with Gasteiger partial charge in [0, 0.05) is 69.0 Å². The molecule has 0 N–H and O–H groups in total. The van der Waals surface area contributed by atoms with E-state index in [1.165, 1.54) is 159 Å². The van der Waals surface area contributed by atoms with Crippen molar-refractivity contribution < 1.29 is 35.5 Å². The van der Waals surface area contributed by atoms with E-state index < -0.39 is 32.7 Å². The summed E-state index contributed by atoms with van der Waals surface area (Å²) in [5.41, 5.74) is 0.523. The van der Waals surface area contributed by atoms with Crippen molar-refractivity contribution in [1.29, 1.82) is 0 Å². The monoisotopic (exact) mass is 974 g/mol. The number of halogens is 4. The Morgan fingerprint density at radius 2 is 1.09 bits per heavy atom. The van der Waals surface area contributed by atoms with Crippen LogP contribution in [0.4, 0.5) is 23.2 Å². The molecular weight excluding hydrogens is 891 g/mol. The summed E-state index contributed by atoms with van der Waals surface area (Å²) in [6.45, 7) is 13.2. The third-order valence-corrected chi connectivity index (χ3v) is 16.7. The normalized spacial score (nSPS) is 17.6. The van der Waals surface area contributed by atoms with Crippen molar-refractivity contribution >= 4 is 26.4 Å². The second-order valence-electron chi connectivity index (χ2n) is 19.8. The summed E-state index contributed by atoms with van der Waals surface area (Å²) >= 11 is 0. The lowest BCUT2D eigenvalue weighted by Gasteiger charge is -2.46. The molecule has 2 aromatic carbocycles. The third-order valence-electron chi connectivity index (χ3n) is 14.9. The molecule has 0 saturated carbocycles. The van der Waals surface area contributed by atoms with Gasteiger partial charge in [0.1, 0.15) is 27.1 Å². The number of likely N-dealkylation sites (tertiary alicyclic amines) is 1. The Bertz CT molecular complexity index is 2030. The van der Waals surface area contributed by atoms with Crippen molar-refractivity contribution in [2.75, 3.05) is 70.4 Å².